The quantitative estimate of drug-likeness (QED) is 0.260. The Bertz CT molecular complexity index is 1280. The van der Waals surface area contributed by atoms with Crippen molar-refractivity contribution in [3.63, 3.8) is 0 Å². The number of carbonyl (C=O) groups is 2. The van der Waals surface area contributed by atoms with Gasteiger partial charge in [-0.2, -0.15) is 0 Å². The highest BCUT2D eigenvalue weighted by Crippen LogP contribution is 2.35. The fourth-order valence-electron chi connectivity index (χ4n) is 3.13. The van der Waals surface area contributed by atoms with Gasteiger partial charge in [0.1, 0.15) is 6.33 Å². The smallest absolute Gasteiger partial charge is 0.355 e. The van der Waals surface area contributed by atoms with Crippen LogP contribution in [0.4, 0.5) is 28.7 Å². The van der Waals surface area contributed by atoms with Crippen molar-refractivity contribution in [1.29, 1.82) is 0 Å². The number of para-hydroxylation sites is 1. The first-order valence-corrected chi connectivity index (χ1v) is 9.91. The van der Waals surface area contributed by atoms with Crippen molar-refractivity contribution < 1.29 is 24.2 Å². The molecule has 0 fully saturated rings. The van der Waals surface area contributed by atoms with E-state index < -0.39 is 27.4 Å². The van der Waals surface area contributed by atoms with Gasteiger partial charge in [-0.15, -0.1) is 0 Å². The molecule has 3 rings (SSSR count). The molecule has 0 aliphatic carbocycles. The molecule has 14 nitrogen and oxygen atoms in total. The number of rotatable bonds is 9. The first-order valence-electron chi connectivity index (χ1n) is 9.91. The minimum absolute atomic E-state index is 0.116. The SMILES string of the molecule is COC(=O)c1ccccc1N(C)c1ncnc(NNC(=O)Cc2ccc([N+](=O)[O-])cc2)c1[N+](=O)[O-]. The molecule has 14 heteroatoms. The lowest BCUT2D eigenvalue weighted by molar-refractivity contribution is -0.384. The first-order chi connectivity index (χ1) is 16.7. The van der Waals surface area contributed by atoms with E-state index in [0.29, 0.717) is 11.3 Å². The molecule has 0 saturated carbocycles. The Morgan fingerprint density at radius 3 is 2.34 bits per heavy atom. The molecule has 0 aliphatic rings. The minimum atomic E-state index is -0.725. The standard InChI is InChI=1S/C21H19N7O7/c1-26(16-6-4-3-5-15(16)21(30)35-2)20-18(28(33)34)19(22-12-23-20)25-24-17(29)11-13-7-9-14(10-8-13)27(31)32/h3-10,12H,11H2,1-2H3,(H,24,29)(H,22,23,25). The van der Waals surface area contributed by atoms with Crippen molar-refractivity contribution in [1.82, 2.24) is 15.4 Å². The number of esters is 1. The maximum Gasteiger partial charge on any atom is 0.355 e. The predicted molar refractivity (Wildman–Crippen MR) is 123 cm³/mol. The number of ether oxygens (including phenoxy) is 1. The van der Waals surface area contributed by atoms with E-state index in [1.807, 2.05) is 0 Å². The molecule has 0 saturated heterocycles. The van der Waals surface area contributed by atoms with Gasteiger partial charge in [-0.3, -0.25) is 35.9 Å². The zero-order chi connectivity index (χ0) is 25.5. The molecule has 1 amide bonds. The van der Waals surface area contributed by atoms with Crippen LogP contribution in [0, 0.1) is 20.2 Å². The van der Waals surface area contributed by atoms with Gasteiger partial charge in [-0.05, 0) is 17.7 Å². The molecule has 180 valence electrons. The van der Waals surface area contributed by atoms with Crippen molar-refractivity contribution in [2.45, 2.75) is 6.42 Å². The van der Waals surface area contributed by atoms with Crippen LogP contribution in [0.5, 0.6) is 0 Å². The molecule has 35 heavy (non-hydrogen) atoms. The maximum atomic E-state index is 12.3. The van der Waals surface area contributed by atoms with Gasteiger partial charge in [0.2, 0.25) is 17.5 Å². The normalized spacial score (nSPS) is 10.2. The zero-order valence-electron chi connectivity index (χ0n) is 18.5. The van der Waals surface area contributed by atoms with E-state index in [9.17, 15) is 29.8 Å². The highest BCUT2D eigenvalue weighted by molar-refractivity contribution is 5.97. The second-order valence-electron chi connectivity index (χ2n) is 6.99. The Balaban J connectivity index is 1.82. The topological polar surface area (TPSA) is 183 Å². The van der Waals surface area contributed by atoms with Gasteiger partial charge in [0, 0.05) is 19.2 Å². The number of anilines is 3. The second-order valence-corrected chi connectivity index (χ2v) is 6.99. The minimum Gasteiger partial charge on any atom is -0.465 e. The average molecular weight is 481 g/mol. The third-order valence-corrected chi connectivity index (χ3v) is 4.81. The molecule has 1 heterocycles. The van der Waals surface area contributed by atoms with Gasteiger partial charge in [0.25, 0.3) is 5.69 Å². The summed E-state index contributed by atoms with van der Waals surface area (Å²) in [7, 11) is 2.70. The number of carbonyl (C=O) groups excluding carboxylic acids is 2. The van der Waals surface area contributed by atoms with Crippen LogP contribution >= 0.6 is 0 Å². The van der Waals surface area contributed by atoms with Crippen LogP contribution in [-0.4, -0.2) is 45.8 Å². The van der Waals surface area contributed by atoms with E-state index in [0.717, 1.165) is 6.33 Å². The van der Waals surface area contributed by atoms with Crippen LogP contribution in [0.3, 0.4) is 0 Å². The molecular formula is C21H19N7O7. The number of benzene rings is 2. The van der Waals surface area contributed by atoms with Crippen LogP contribution in [0.1, 0.15) is 15.9 Å². The molecule has 1 aromatic heterocycles. The van der Waals surface area contributed by atoms with Gasteiger partial charge < -0.3 is 9.64 Å². The van der Waals surface area contributed by atoms with E-state index in [2.05, 4.69) is 20.8 Å². The number of hydrazine groups is 1. The van der Waals surface area contributed by atoms with Crippen molar-refractivity contribution >= 4 is 40.6 Å². The van der Waals surface area contributed by atoms with E-state index >= 15 is 0 Å². The van der Waals surface area contributed by atoms with Gasteiger partial charge in [-0.25, -0.2) is 14.8 Å². The molecular weight excluding hydrogens is 462 g/mol. The number of aromatic nitrogens is 2. The predicted octanol–water partition coefficient (Wildman–Crippen LogP) is 2.53. The van der Waals surface area contributed by atoms with Crippen LogP contribution < -0.4 is 15.8 Å². The number of hydrogen-bond donors (Lipinski definition) is 2. The molecule has 0 atom stereocenters. The van der Waals surface area contributed by atoms with Gasteiger partial charge >= 0.3 is 11.7 Å². The van der Waals surface area contributed by atoms with E-state index in [4.69, 9.17) is 4.74 Å². The number of hydrogen-bond acceptors (Lipinski definition) is 11. The molecule has 0 spiro atoms. The number of methoxy groups -OCH3 is 1. The zero-order valence-corrected chi connectivity index (χ0v) is 18.5. The highest BCUT2D eigenvalue weighted by atomic mass is 16.6. The van der Waals surface area contributed by atoms with Crippen molar-refractivity contribution in [2.75, 3.05) is 24.5 Å². The lowest BCUT2D eigenvalue weighted by atomic mass is 10.1. The molecule has 3 aromatic rings. The summed E-state index contributed by atoms with van der Waals surface area (Å²) in [6.45, 7) is 0. The summed E-state index contributed by atoms with van der Waals surface area (Å²) in [5.74, 6) is -1.65. The molecule has 0 radical (unpaired) electrons. The van der Waals surface area contributed by atoms with E-state index in [-0.39, 0.29) is 29.3 Å². The highest BCUT2D eigenvalue weighted by Gasteiger charge is 2.28. The van der Waals surface area contributed by atoms with Crippen LogP contribution in [-0.2, 0) is 16.0 Å². The summed E-state index contributed by atoms with van der Waals surface area (Å²) < 4.78 is 4.77. The number of nitrogens with one attached hydrogen (secondary N) is 2. The summed E-state index contributed by atoms with van der Waals surface area (Å²) in [6.07, 6.45) is 0.910. The maximum absolute atomic E-state index is 12.3. The number of nitro groups is 2. The van der Waals surface area contributed by atoms with Crippen LogP contribution in [0.15, 0.2) is 54.9 Å². The number of amides is 1. The summed E-state index contributed by atoms with van der Waals surface area (Å²) in [6, 6.07) is 11.7. The third-order valence-electron chi connectivity index (χ3n) is 4.81. The van der Waals surface area contributed by atoms with Gasteiger partial charge in [-0.1, -0.05) is 24.3 Å². The third kappa shape index (κ3) is 5.62. The Hall–Kier alpha value is -5.14. The number of non-ortho nitro benzene ring substituents is 1. The molecule has 0 aliphatic heterocycles. The summed E-state index contributed by atoms with van der Waals surface area (Å²) in [5.41, 5.74) is 5.02. The Kier molecular flexibility index (Phi) is 7.46. The largest absolute Gasteiger partial charge is 0.465 e. The fourth-order valence-corrected chi connectivity index (χ4v) is 3.13. The fraction of sp³-hybridized carbons (Fsp3) is 0.143. The summed E-state index contributed by atoms with van der Waals surface area (Å²) >= 11 is 0. The average Bonchev–Trinajstić information content (AvgIpc) is 2.86. The summed E-state index contributed by atoms with van der Waals surface area (Å²) in [4.78, 5) is 54.9. The van der Waals surface area contributed by atoms with Crippen LogP contribution in [0.25, 0.3) is 0 Å². The number of nitro benzene ring substituents is 1. The van der Waals surface area contributed by atoms with Crippen LogP contribution in [0.2, 0.25) is 0 Å². The molecule has 2 N–H and O–H groups in total. The lowest BCUT2D eigenvalue weighted by Gasteiger charge is -2.21. The second kappa shape index (κ2) is 10.7. The lowest BCUT2D eigenvalue weighted by Crippen LogP contribution is -2.31. The van der Waals surface area contributed by atoms with Gasteiger partial charge in [0.05, 0.1) is 34.6 Å². The molecule has 0 unspecified atom stereocenters. The Morgan fingerprint density at radius 2 is 1.71 bits per heavy atom. The van der Waals surface area contributed by atoms with E-state index in [1.165, 1.54) is 49.4 Å². The molecule has 0 bridgehead atoms. The van der Waals surface area contributed by atoms with Crippen molar-refractivity contribution in [3.05, 3.63) is 86.2 Å². The monoisotopic (exact) mass is 481 g/mol. The van der Waals surface area contributed by atoms with E-state index in [1.54, 1.807) is 18.2 Å². The summed E-state index contributed by atoms with van der Waals surface area (Å²) in [5, 5.41) is 22.6. The van der Waals surface area contributed by atoms with Crippen molar-refractivity contribution in [2.24, 2.45) is 0 Å². The Labute approximate surface area is 197 Å². The molecule has 2 aromatic carbocycles. The van der Waals surface area contributed by atoms with Gasteiger partial charge in [0.15, 0.2) is 0 Å². The Morgan fingerprint density at radius 1 is 1.03 bits per heavy atom. The van der Waals surface area contributed by atoms with Crippen molar-refractivity contribution in [3.8, 4) is 0 Å². The first kappa shape index (κ1) is 24.5. The number of nitrogens with zero attached hydrogens (tertiary/aromatic N) is 5.